The topological polar surface area (TPSA) is 26.3 Å². The van der Waals surface area contributed by atoms with E-state index in [2.05, 4.69) is 0 Å². The number of hydrogen-bond acceptors (Lipinski definition) is 3. The lowest BCUT2D eigenvalue weighted by molar-refractivity contribution is -0.135. The Morgan fingerprint density at radius 1 is 1.50 bits per heavy atom. The molecule has 1 aromatic rings. The predicted octanol–water partition coefficient (Wildman–Crippen LogP) is 3.67. The molecule has 0 radical (unpaired) electrons. The molecule has 1 rings (SSSR count). The van der Waals surface area contributed by atoms with Crippen molar-refractivity contribution in [3.63, 3.8) is 0 Å². The Hall–Kier alpha value is -1.04. The highest BCUT2D eigenvalue weighted by Gasteiger charge is 2.27. The van der Waals surface area contributed by atoms with Gasteiger partial charge in [0.2, 0.25) is 0 Å². The lowest BCUT2D eigenvalue weighted by Crippen LogP contribution is -2.08. The second-order valence-electron chi connectivity index (χ2n) is 3.21. The number of ketones is 1. The molecule has 1 aromatic heterocycles. The second kappa shape index (κ2) is 5.34. The molecule has 0 aromatic carbocycles. The van der Waals surface area contributed by atoms with Gasteiger partial charge >= 0.3 is 6.18 Å². The van der Waals surface area contributed by atoms with Gasteiger partial charge in [0.15, 0.2) is 5.78 Å². The Balaban J connectivity index is 2.47. The van der Waals surface area contributed by atoms with Crippen LogP contribution >= 0.6 is 11.3 Å². The van der Waals surface area contributed by atoms with Crippen LogP contribution in [0.1, 0.15) is 28.9 Å². The van der Waals surface area contributed by atoms with E-state index in [1.165, 1.54) is 18.4 Å². The summed E-state index contributed by atoms with van der Waals surface area (Å²) in [6.07, 6.45) is -5.40. The Morgan fingerprint density at radius 3 is 2.75 bits per heavy atom. The van der Waals surface area contributed by atoms with E-state index in [9.17, 15) is 18.0 Å². The number of carbonyl (C=O) groups is 1. The number of alkyl halides is 3. The SMILES string of the molecule is COc1ccsc1C(=O)CCCC(F)(F)F. The third-order valence-electron chi connectivity index (χ3n) is 1.97. The minimum Gasteiger partial charge on any atom is -0.495 e. The van der Waals surface area contributed by atoms with Crippen molar-refractivity contribution in [2.24, 2.45) is 0 Å². The van der Waals surface area contributed by atoms with Crippen LogP contribution in [0.3, 0.4) is 0 Å². The zero-order valence-electron chi connectivity index (χ0n) is 8.63. The van der Waals surface area contributed by atoms with Gasteiger partial charge in [-0.2, -0.15) is 13.2 Å². The molecule has 90 valence electrons. The number of methoxy groups -OCH3 is 1. The van der Waals surface area contributed by atoms with Gasteiger partial charge in [-0.05, 0) is 17.9 Å². The van der Waals surface area contributed by atoms with E-state index in [-0.39, 0.29) is 18.6 Å². The summed E-state index contributed by atoms with van der Waals surface area (Å²) < 4.78 is 40.5. The van der Waals surface area contributed by atoms with E-state index >= 15 is 0 Å². The molecule has 0 atom stereocenters. The van der Waals surface area contributed by atoms with Crippen molar-refractivity contribution in [2.45, 2.75) is 25.4 Å². The molecule has 2 nitrogen and oxygen atoms in total. The molecule has 0 saturated heterocycles. The molecule has 0 aliphatic carbocycles. The minimum absolute atomic E-state index is 0.101. The summed E-state index contributed by atoms with van der Waals surface area (Å²) >= 11 is 1.18. The highest BCUT2D eigenvalue weighted by molar-refractivity contribution is 7.12. The Morgan fingerprint density at radius 2 is 2.19 bits per heavy atom. The molecule has 0 aliphatic heterocycles. The Bertz CT molecular complexity index is 357. The lowest BCUT2D eigenvalue weighted by atomic mass is 10.1. The average molecular weight is 252 g/mol. The summed E-state index contributed by atoms with van der Waals surface area (Å²) in [7, 11) is 1.43. The molecule has 0 N–H and O–H groups in total. The van der Waals surface area contributed by atoms with Crippen LogP contribution in [-0.2, 0) is 0 Å². The number of hydrogen-bond donors (Lipinski definition) is 0. The Kier molecular flexibility index (Phi) is 4.35. The maximum absolute atomic E-state index is 11.9. The standard InChI is InChI=1S/C10H11F3O2S/c1-15-8-4-6-16-9(8)7(14)3-2-5-10(11,12)13/h4,6H,2-3,5H2,1H3. The molecular weight excluding hydrogens is 241 g/mol. The zero-order valence-corrected chi connectivity index (χ0v) is 9.45. The lowest BCUT2D eigenvalue weighted by Gasteiger charge is -2.05. The minimum atomic E-state index is -4.19. The van der Waals surface area contributed by atoms with Crippen molar-refractivity contribution in [2.75, 3.05) is 7.11 Å². The van der Waals surface area contributed by atoms with Crippen LogP contribution in [0.25, 0.3) is 0 Å². The van der Waals surface area contributed by atoms with Gasteiger partial charge < -0.3 is 4.74 Å². The van der Waals surface area contributed by atoms with Gasteiger partial charge in [-0.3, -0.25) is 4.79 Å². The average Bonchev–Trinajstić information content (AvgIpc) is 2.63. The summed E-state index contributed by atoms with van der Waals surface area (Å²) in [5, 5.41) is 1.68. The fourth-order valence-corrected chi connectivity index (χ4v) is 2.05. The molecule has 0 amide bonds. The summed E-state index contributed by atoms with van der Waals surface area (Å²) in [6.45, 7) is 0. The fraction of sp³-hybridized carbons (Fsp3) is 0.500. The van der Waals surface area contributed by atoms with Crippen molar-refractivity contribution < 1.29 is 22.7 Å². The van der Waals surface area contributed by atoms with Crippen LogP contribution in [0.5, 0.6) is 5.75 Å². The first kappa shape index (κ1) is 13.0. The largest absolute Gasteiger partial charge is 0.495 e. The number of Topliss-reactive ketones (excluding diaryl/α,β-unsaturated/α-hetero) is 1. The smallest absolute Gasteiger partial charge is 0.389 e. The first-order valence-electron chi connectivity index (χ1n) is 4.65. The third kappa shape index (κ3) is 3.84. The molecule has 0 fully saturated rings. The normalized spacial score (nSPS) is 11.5. The van der Waals surface area contributed by atoms with Crippen LogP contribution in [0, 0.1) is 0 Å². The van der Waals surface area contributed by atoms with Gasteiger partial charge in [0, 0.05) is 12.8 Å². The van der Waals surface area contributed by atoms with Gasteiger partial charge in [0.25, 0.3) is 0 Å². The molecule has 1 heterocycles. The van der Waals surface area contributed by atoms with Crippen LogP contribution in [0.4, 0.5) is 13.2 Å². The first-order chi connectivity index (χ1) is 7.44. The van der Waals surface area contributed by atoms with Crippen molar-refractivity contribution in [1.29, 1.82) is 0 Å². The summed E-state index contributed by atoms with van der Waals surface area (Å²) in [5.41, 5.74) is 0. The van der Waals surface area contributed by atoms with Crippen molar-refractivity contribution in [1.82, 2.24) is 0 Å². The molecule has 0 saturated carbocycles. The predicted molar refractivity (Wildman–Crippen MR) is 55.1 cm³/mol. The molecule has 0 unspecified atom stereocenters. The van der Waals surface area contributed by atoms with Gasteiger partial charge in [-0.1, -0.05) is 0 Å². The Labute approximate surface area is 95.0 Å². The van der Waals surface area contributed by atoms with E-state index in [0.717, 1.165) is 0 Å². The molecule has 0 spiro atoms. The highest BCUT2D eigenvalue weighted by atomic mass is 32.1. The molecule has 16 heavy (non-hydrogen) atoms. The molecular formula is C10H11F3O2S. The molecule has 6 heteroatoms. The fourth-order valence-electron chi connectivity index (χ4n) is 1.22. The van der Waals surface area contributed by atoms with E-state index < -0.39 is 12.6 Å². The zero-order chi connectivity index (χ0) is 12.2. The van der Waals surface area contributed by atoms with E-state index in [4.69, 9.17) is 4.74 Å². The maximum atomic E-state index is 11.9. The number of carbonyl (C=O) groups excluding carboxylic acids is 1. The van der Waals surface area contributed by atoms with Crippen LogP contribution in [-0.4, -0.2) is 19.1 Å². The third-order valence-corrected chi connectivity index (χ3v) is 2.90. The van der Waals surface area contributed by atoms with Crippen molar-refractivity contribution >= 4 is 17.1 Å². The van der Waals surface area contributed by atoms with Gasteiger partial charge in [-0.15, -0.1) is 11.3 Å². The van der Waals surface area contributed by atoms with Crippen molar-refractivity contribution in [3.8, 4) is 5.75 Å². The summed E-state index contributed by atoms with van der Waals surface area (Å²) in [6, 6.07) is 1.63. The van der Waals surface area contributed by atoms with E-state index in [0.29, 0.717) is 10.6 Å². The number of ether oxygens (including phenoxy) is 1. The monoisotopic (exact) mass is 252 g/mol. The van der Waals surface area contributed by atoms with Gasteiger partial charge in [0.1, 0.15) is 10.6 Å². The number of halogens is 3. The number of rotatable bonds is 5. The van der Waals surface area contributed by atoms with Crippen molar-refractivity contribution in [3.05, 3.63) is 16.3 Å². The summed E-state index contributed by atoms with van der Waals surface area (Å²) in [4.78, 5) is 11.9. The maximum Gasteiger partial charge on any atom is 0.389 e. The first-order valence-corrected chi connectivity index (χ1v) is 5.53. The van der Waals surface area contributed by atoms with E-state index in [1.54, 1.807) is 11.4 Å². The number of thiophene rings is 1. The van der Waals surface area contributed by atoms with Gasteiger partial charge in [-0.25, -0.2) is 0 Å². The van der Waals surface area contributed by atoms with Crippen LogP contribution in [0.2, 0.25) is 0 Å². The van der Waals surface area contributed by atoms with Crippen LogP contribution < -0.4 is 4.74 Å². The summed E-state index contributed by atoms with van der Waals surface area (Å²) in [5.74, 6) is 0.137. The quantitative estimate of drug-likeness (QED) is 0.747. The van der Waals surface area contributed by atoms with Crippen LogP contribution in [0.15, 0.2) is 11.4 Å². The second-order valence-corrected chi connectivity index (χ2v) is 4.13. The molecule has 0 bridgehead atoms. The van der Waals surface area contributed by atoms with Gasteiger partial charge in [0.05, 0.1) is 7.11 Å². The molecule has 0 aliphatic rings. The van der Waals surface area contributed by atoms with E-state index in [1.807, 2.05) is 0 Å². The highest BCUT2D eigenvalue weighted by Crippen LogP contribution is 2.28.